The molecule has 0 heterocycles. The number of carbonyl (C=O) groups excluding carboxylic acids is 1. The number of nitrogens with two attached hydrogens (primary N) is 1. The van der Waals surface area contributed by atoms with Crippen molar-refractivity contribution in [3.8, 4) is 0 Å². The maximum absolute atomic E-state index is 11.4. The topological polar surface area (TPSA) is 55.1 Å². The number of halogens is 1. The minimum atomic E-state index is -0.478. The maximum Gasteiger partial charge on any atom is 0.241 e. The number of para-hydroxylation sites is 1. The van der Waals surface area contributed by atoms with Gasteiger partial charge in [-0.05, 0) is 31.9 Å². The second-order valence-corrected chi connectivity index (χ2v) is 3.54. The van der Waals surface area contributed by atoms with Gasteiger partial charge < -0.3 is 11.1 Å². The van der Waals surface area contributed by atoms with Crippen LogP contribution >= 0.6 is 12.4 Å². The molecule has 1 aromatic carbocycles. The van der Waals surface area contributed by atoms with Gasteiger partial charge in [-0.1, -0.05) is 18.2 Å². The Labute approximate surface area is 96.5 Å². The fourth-order valence-electron chi connectivity index (χ4n) is 1.25. The molecule has 1 amide bonds. The standard InChI is InChI=1S/C11H16N2O.ClH/c1-7-5-4-6-8(2)10(7)13-11(14)9(3)12;/h4-6,9H,12H2,1-3H3,(H,13,14);1H. The van der Waals surface area contributed by atoms with E-state index >= 15 is 0 Å². The predicted octanol–water partition coefficient (Wildman–Crippen LogP) is 2.01. The average Bonchev–Trinajstić information content (AvgIpc) is 2.11. The molecule has 1 aromatic rings. The number of amides is 1. The molecule has 0 aliphatic carbocycles. The molecule has 15 heavy (non-hydrogen) atoms. The lowest BCUT2D eigenvalue weighted by atomic mass is 10.1. The van der Waals surface area contributed by atoms with Crippen molar-refractivity contribution in [3.05, 3.63) is 29.3 Å². The summed E-state index contributed by atoms with van der Waals surface area (Å²) in [4.78, 5) is 11.4. The summed E-state index contributed by atoms with van der Waals surface area (Å²) in [5.41, 5.74) is 8.45. The molecule has 0 bridgehead atoms. The van der Waals surface area contributed by atoms with Crippen molar-refractivity contribution >= 4 is 24.0 Å². The third-order valence-electron chi connectivity index (χ3n) is 2.14. The molecule has 1 rings (SSSR count). The molecule has 0 saturated carbocycles. The van der Waals surface area contributed by atoms with Crippen LogP contribution in [0.2, 0.25) is 0 Å². The molecule has 0 aromatic heterocycles. The number of rotatable bonds is 2. The van der Waals surface area contributed by atoms with Gasteiger partial charge in [-0.3, -0.25) is 4.79 Å². The fraction of sp³-hybridized carbons (Fsp3) is 0.364. The van der Waals surface area contributed by atoms with Crippen molar-refractivity contribution in [2.24, 2.45) is 5.73 Å². The molecule has 0 spiro atoms. The van der Waals surface area contributed by atoms with E-state index in [1.54, 1.807) is 6.92 Å². The van der Waals surface area contributed by atoms with Gasteiger partial charge in [0, 0.05) is 5.69 Å². The summed E-state index contributed by atoms with van der Waals surface area (Å²) >= 11 is 0. The number of carbonyl (C=O) groups is 1. The van der Waals surface area contributed by atoms with Crippen LogP contribution in [0.3, 0.4) is 0 Å². The van der Waals surface area contributed by atoms with Crippen LogP contribution in [0.15, 0.2) is 18.2 Å². The van der Waals surface area contributed by atoms with Gasteiger partial charge in [0.1, 0.15) is 0 Å². The van der Waals surface area contributed by atoms with Crippen LogP contribution in [0.4, 0.5) is 5.69 Å². The summed E-state index contributed by atoms with van der Waals surface area (Å²) in [6, 6.07) is 5.41. The van der Waals surface area contributed by atoms with Gasteiger partial charge in [-0.2, -0.15) is 0 Å². The Bertz CT molecular complexity index is 330. The molecule has 1 atom stereocenters. The summed E-state index contributed by atoms with van der Waals surface area (Å²) in [5, 5.41) is 2.81. The SMILES string of the molecule is Cc1cccc(C)c1NC(=O)C(C)N.Cl. The van der Waals surface area contributed by atoms with Crippen LogP contribution in [0.1, 0.15) is 18.1 Å². The quantitative estimate of drug-likeness (QED) is 0.814. The van der Waals surface area contributed by atoms with Crippen molar-refractivity contribution in [1.29, 1.82) is 0 Å². The largest absolute Gasteiger partial charge is 0.324 e. The molecule has 84 valence electrons. The minimum absolute atomic E-state index is 0. The lowest BCUT2D eigenvalue weighted by Crippen LogP contribution is -2.32. The smallest absolute Gasteiger partial charge is 0.241 e. The van der Waals surface area contributed by atoms with Crippen molar-refractivity contribution in [1.82, 2.24) is 0 Å². The first-order valence-electron chi connectivity index (χ1n) is 4.65. The second-order valence-electron chi connectivity index (χ2n) is 3.54. The van der Waals surface area contributed by atoms with E-state index in [4.69, 9.17) is 5.73 Å². The van der Waals surface area contributed by atoms with Crippen molar-refractivity contribution < 1.29 is 4.79 Å². The number of hydrogen-bond acceptors (Lipinski definition) is 2. The highest BCUT2D eigenvalue weighted by atomic mass is 35.5. The monoisotopic (exact) mass is 228 g/mol. The Balaban J connectivity index is 0.00000196. The summed E-state index contributed by atoms with van der Waals surface area (Å²) in [7, 11) is 0. The lowest BCUT2D eigenvalue weighted by Gasteiger charge is -2.12. The predicted molar refractivity (Wildman–Crippen MR) is 65.4 cm³/mol. The average molecular weight is 229 g/mol. The van der Waals surface area contributed by atoms with Crippen LogP contribution in [0.25, 0.3) is 0 Å². The van der Waals surface area contributed by atoms with Gasteiger partial charge in [0.05, 0.1) is 6.04 Å². The zero-order valence-corrected chi connectivity index (χ0v) is 10.0. The van der Waals surface area contributed by atoms with E-state index < -0.39 is 6.04 Å². The Morgan fingerprint density at radius 2 is 1.80 bits per heavy atom. The number of hydrogen-bond donors (Lipinski definition) is 2. The lowest BCUT2D eigenvalue weighted by molar-refractivity contribution is -0.117. The van der Waals surface area contributed by atoms with Crippen molar-refractivity contribution in [2.45, 2.75) is 26.8 Å². The summed E-state index contributed by atoms with van der Waals surface area (Å²) in [6.45, 7) is 5.59. The summed E-state index contributed by atoms with van der Waals surface area (Å²) in [6.07, 6.45) is 0. The molecule has 0 aliphatic rings. The molecule has 0 radical (unpaired) electrons. The number of benzene rings is 1. The molecule has 1 unspecified atom stereocenters. The first-order chi connectivity index (χ1) is 6.52. The van der Waals surface area contributed by atoms with Crippen molar-refractivity contribution in [2.75, 3.05) is 5.32 Å². The summed E-state index contributed by atoms with van der Waals surface area (Å²) < 4.78 is 0. The van der Waals surface area contributed by atoms with Gasteiger partial charge in [-0.25, -0.2) is 0 Å². The highest BCUT2D eigenvalue weighted by Crippen LogP contribution is 2.19. The van der Waals surface area contributed by atoms with Crippen LogP contribution in [-0.2, 0) is 4.79 Å². The van der Waals surface area contributed by atoms with Gasteiger partial charge in [0.25, 0.3) is 0 Å². The highest BCUT2D eigenvalue weighted by molar-refractivity contribution is 5.95. The van der Waals surface area contributed by atoms with Gasteiger partial charge in [0.2, 0.25) is 5.91 Å². The Kier molecular flexibility index (Phi) is 5.33. The number of nitrogens with one attached hydrogen (secondary N) is 1. The number of anilines is 1. The van der Waals surface area contributed by atoms with Gasteiger partial charge in [-0.15, -0.1) is 12.4 Å². The van der Waals surface area contributed by atoms with E-state index in [-0.39, 0.29) is 18.3 Å². The van der Waals surface area contributed by atoms with E-state index in [9.17, 15) is 4.79 Å². The Morgan fingerprint density at radius 1 is 1.33 bits per heavy atom. The third kappa shape index (κ3) is 3.53. The molecule has 0 saturated heterocycles. The molecule has 3 N–H and O–H groups in total. The van der Waals surface area contributed by atoms with Gasteiger partial charge >= 0.3 is 0 Å². The van der Waals surface area contributed by atoms with E-state index in [1.165, 1.54) is 0 Å². The minimum Gasteiger partial charge on any atom is -0.324 e. The van der Waals surface area contributed by atoms with Crippen LogP contribution in [0, 0.1) is 13.8 Å². The summed E-state index contributed by atoms with van der Waals surface area (Å²) in [5.74, 6) is -0.151. The first-order valence-corrected chi connectivity index (χ1v) is 4.65. The van der Waals surface area contributed by atoms with Crippen LogP contribution < -0.4 is 11.1 Å². The molecular formula is C11H17ClN2O. The van der Waals surface area contributed by atoms with Gasteiger partial charge in [0.15, 0.2) is 0 Å². The first kappa shape index (κ1) is 13.9. The molecule has 0 aliphatic heterocycles. The molecule has 3 nitrogen and oxygen atoms in total. The molecular weight excluding hydrogens is 212 g/mol. The van der Waals surface area contributed by atoms with E-state index in [1.807, 2.05) is 32.0 Å². The normalized spacial score (nSPS) is 11.5. The number of aryl methyl sites for hydroxylation is 2. The molecule has 4 heteroatoms. The van der Waals surface area contributed by atoms with Crippen LogP contribution in [-0.4, -0.2) is 11.9 Å². The zero-order chi connectivity index (χ0) is 10.7. The molecule has 0 fully saturated rings. The van der Waals surface area contributed by atoms with E-state index in [0.29, 0.717) is 0 Å². The fourth-order valence-corrected chi connectivity index (χ4v) is 1.25. The third-order valence-corrected chi connectivity index (χ3v) is 2.14. The van der Waals surface area contributed by atoms with Crippen molar-refractivity contribution in [3.63, 3.8) is 0 Å². The maximum atomic E-state index is 11.4. The Morgan fingerprint density at radius 3 is 2.20 bits per heavy atom. The second kappa shape index (κ2) is 5.73. The zero-order valence-electron chi connectivity index (χ0n) is 9.20. The van der Waals surface area contributed by atoms with E-state index in [0.717, 1.165) is 16.8 Å². The Hall–Kier alpha value is -1.06. The highest BCUT2D eigenvalue weighted by Gasteiger charge is 2.10. The van der Waals surface area contributed by atoms with E-state index in [2.05, 4.69) is 5.32 Å². The van der Waals surface area contributed by atoms with Crippen LogP contribution in [0.5, 0.6) is 0 Å².